The molecule has 0 unspecified atom stereocenters. The summed E-state index contributed by atoms with van der Waals surface area (Å²) in [6, 6.07) is 77.9. The van der Waals surface area contributed by atoms with E-state index in [1.807, 2.05) is 121 Å². The van der Waals surface area contributed by atoms with Gasteiger partial charge in [-0.1, -0.05) is 158 Å². The molecule has 3 heterocycles. The van der Waals surface area contributed by atoms with Crippen molar-refractivity contribution in [2.24, 2.45) is 0 Å². The Hall–Kier alpha value is -11.1. The third-order valence-corrected chi connectivity index (χ3v) is 13.4. The summed E-state index contributed by atoms with van der Waals surface area (Å²) in [5.74, 6) is 1.08. The summed E-state index contributed by atoms with van der Waals surface area (Å²) in [6.45, 7) is 15.7. The van der Waals surface area contributed by atoms with Gasteiger partial charge >= 0.3 is 0 Å². The highest BCUT2D eigenvalue weighted by Crippen LogP contribution is 2.43. The van der Waals surface area contributed by atoms with E-state index in [-0.39, 0.29) is 0 Å². The standard InChI is InChI=1S/C66H37N9/c1-69-51-27-29-52(50(34-51)41-68)47-24-30-62-54(35-47)55-36-48(53-28-23-42(40-67)33-61(53)70-2)25-31-63(55)75(62)64-32-26-49(60-39-57(43-15-7-3-8-16-43)71-65(72-60)46-21-13-6-14-22-46)37-56(64)66-73-58(44-17-9-4-10-18-44)38-59(74-66)45-19-11-5-12-20-45/h3-39H. The Morgan fingerprint density at radius 2 is 0.867 bits per heavy atom. The van der Waals surface area contributed by atoms with Crippen LogP contribution in [0.1, 0.15) is 11.1 Å². The number of hydrogen-bond acceptors (Lipinski definition) is 6. The summed E-state index contributed by atoms with van der Waals surface area (Å²) in [6.07, 6.45) is 0. The van der Waals surface area contributed by atoms with Crippen LogP contribution in [0.3, 0.4) is 0 Å². The molecule has 0 aliphatic carbocycles. The fraction of sp³-hybridized carbons (Fsp3) is 0. The summed E-state index contributed by atoms with van der Waals surface area (Å²) in [4.78, 5) is 28.6. The highest BCUT2D eigenvalue weighted by Gasteiger charge is 2.23. The second-order valence-electron chi connectivity index (χ2n) is 17.8. The van der Waals surface area contributed by atoms with E-state index in [2.05, 4.69) is 105 Å². The van der Waals surface area contributed by atoms with Crippen LogP contribution in [0.4, 0.5) is 11.4 Å². The van der Waals surface area contributed by atoms with Crippen LogP contribution in [0.2, 0.25) is 0 Å². The Labute approximate surface area is 432 Å². The molecule has 0 saturated heterocycles. The lowest BCUT2D eigenvalue weighted by Crippen LogP contribution is -2.03. The molecule has 0 amide bonds. The molecule has 12 aromatic rings. The predicted molar refractivity (Wildman–Crippen MR) is 297 cm³/mol. The largest absolute Gasteiger partial charge is 0.308 e. The van der Waals surface area contributed by atoms with E-state index in [1.165, 1.54) is 0 Å². The summed E-state index contributed by atoms with van der Waals surface area (Å²) < 4.78 is 2.23. The summed E-state index contributed by atoms with van der Waals surface area (Å²) in [5.41, 5.74) is 15.4. The summed E-state index contributed by atoms with van der Waals surface area (Å²) in [5, 5.41) is 21.8. The molecule has 0 spiro atoms. The van der Waals surface area contributed by atoms with Gasteiger partial charge in [-0.2, -0.15) is 10.5 Å². The molecule has 0 radical (unpaired) electrons. The van der Waals surface area contributed by atoms with Crippen LogP contribution >= 0.6 is 0 Å². The maximum absolute atomic E-state index is 10.3. The maximum Gasteiger partial charge on any atom is 0.196 e. The Bertz CT molecular complexity index is 4140. The zero-order valence-electron chi connectivity index (χ0n) is 39.9. The fourth-order valence-electron chi connectivity index (χ4n) is 9.72. The molecule has 3 aromatic heterocycles. The van der Waals surface area contributed by atoms with Crippen LogP contribution in [-0.4, -0.2) is 24.5 Å². The molecule has 0 saturated carbocycles. The Morgan fingerprint density at radius 3 is 1.39 bits per heavy atom. The van der Waals surface area contributed by atoms with E-state index in [9.17, 15) is 10.5 Å². The molecule has 9 nitrogen and oxygen atoms in total. The molecule has 9 heteroatoms. The highest BCUT2D eigenvalue weighted by atomic mass is 15.0. The molecule has 0 aliphatic rings. The van der Waals surface area contributed by atoms with Crippen molar-refractivity contribution in [3.63, 3.8) is 0 Å². The number of fused-ring (bicyclic) bond motifs is 3. The van der Waals surface area contributed by atoms with Gasteiger partial charge in [-0.3, -0.25) is 0 Å². The minimum Gasteiger partial charge on any atom is -0.308 e. The molecule has 0 bridgehead atoms. The Morgan fingerprint density at radius 1 is 0.373 bits per heavy atom. The van der Waals surface area contributed by atoms with Crippen LogP contribution < -0.4 is 0 Å². The average Bonchev–Trinajstić information content (AvgIpc) is 3.88. The second-order valence-corrected chi connectivity index (χ2v) is 17.8. The summed E-state index contributed by atoms with van der Waals surface area (Å²) >= 11 is 0. The van der Waals surface area contributed by atoms with E-state index in [0.29, 0.717) is 51.0 Å². The van der Waals surface area contributed by atoms with Gasteiger partial charge in [0.25, 0.3) is 0 Å². The van der Waals surface area contributed by atoms with Gasteiger partial charge < -0.3 is 4.57 Å². The van der Waals surface area contributed by atoms with Crippen LogP contribution in [0.5, 0.6) is 0 Å². The number of rotatable bonds is 9. The predicted octanol–water partition coefficient (Wildman–Crippen LogP) is 16.5. The first-order valence-electron chi connectivity index (χ1n) is 24.0. The lowest BCUT2D eigenvalue weighted by molar-refractivity contribution is 1.13. The van der Waals surface area contributed by atoms with E-state index in [1.54, 1.807) is 24.3 Å². The third-order valence-electron chi connectivity index (χ3n) is 13.4. The molecule has 0 N–H and O–H groups in total. The van der Waals surface area contributed by atoms with E-state index >= 15 is 0 Å². The van der Waals surface area contributed by atoms with Crippen molar-refractivity contribution in [3.05, 3.63) is 258 Å². The van der Waals surface area contributed by atoms with Crippen LogP contribution in [0.25, 0.3) is 127 Å². The number of nitrogens with zero attached hydrogens (tertiary/aromatic N) is 9. The van der Waals surface area contributed by atoms with Gasteiger partial charge in [0.2, 0.25) is 0 Å². The topological polar surface area (TPSA) is 113 Å². The first kappa shape index (κ1) is 45.1. The lowest BCUT2D eigenvalue weighted by Gasteiger charge is -2.17. The van der Waals surface area contributed by atoms with Crippen molar-refractivity contribution in [1.29, 1.82) is 10.5 Å². The third kappa shape index (κ3) is 8.48. The fourth-order valence-corrected chi connectivity index (χ4v) is 9.72. The average molecular weight is 956 g/mol. The molecule has 0 atom stereocenters. The molecule has 12 rings (SSSR count). The molecule has 0 aliphatic heterocycles. The van der Waals surface area contributed by atoms with Crippen LogP contribution in [0, 0.1) is 35.8 Å². The SMILES string of the molecule is [C-]#[N+]c1ccc(-c2ccc3c(c2)c2cc(-c4ccc(C#N)cc4[N+]#[C-])ccc2n3-c2ccc(-c3cc(-c4ccccc4)nc(-c4ccccc4)n3)cc2-c2nc(-c3ccccc3)cc(-c3ccccc3)n2)c(C#N)c1. The van der Waals surface area contributed by atoms with Crippen molar-refractivity contribution in [2.45, 2.75) is 0 Å². The Balaban J connectivity index is 1.16. The van der Waals surface area contributed by atoms with E-state index in [4.69, 9.17) is 33.1 Å². The molecule has 0 fully saturated rings. The first-order valence-corrected chi connectivity index (χ1v) is 24.0. The normalized spacial score (nSPS) is 10.9. The Kier molecular flexibility index (Phi) is 11.6. The van der Waals surface area contributed by atoms with Gasteiger partial charge in [0.1, 0.15) is 0 Å². The van der Waals surface area contributed by atoms with Crippen molar-refractivity contribution in [3.8, 4) is 108 Å². The number of aromatic nitrogens is 5. The lowest BCUT2D eigenvalue weighted by atomic mass is 9.97. The number of nitriles is 2. The van der Waals surface area contributed by atoms with Crippen molar-refractivity contribution < 1.29 is 0 Å². The molecule has 75 heavy (non-hydrogen) atoms. The van der Waals surface area contributed by atoms with Crippen molar-refractivity contribution in [2.75, 3.05) is 0 Å². The quantitative estimate of drug-likeness (QED) is 0.133. The van der Waals surface area contributed by atoms with Crippen LogP contribution in [-0.2, 0) is 0 Å². The van der Waals surface area contributed by atoms with Gasteiger partial charge in [0.15, 0.2) is 23.0 Å². The highest BCUT2D eigenvalue weighted by molar-refractivity contribution is 6.12. The molecule has 346 valence electrons. The number of hydrogen-bond donors (Lipinski definition) is 0. The monoisotopic (exact) mass is 955 g/mol. The maximum atomic E-state index is 10.3. The van der Waals surface area contributed by atoms with E-state index < -0.39 is 0 Å². The van der Waals surface area contributed by atoms with Gasteiger partial charge in [-0.15, -0.1) is 0 Å². The van der Waals surface area contributed by atoms with E-state index in [0.717, 1.165) is 89.1 Å². The van der Waals surface area contributed by atoms with Gasteiger partial charge in [-0.25, -0.2) is 29.6 Å². The van der Waals surface area contributed by atoms with Gasteiger partial charge in [-0.05, 0) is 89.0 Å². The second kappa shape index (κ2) is 19.2. The van der Waals surface area contributed by atoms with Gasteiger partial charge in [0.05, 0.1) is 64.8 Å². The van der Waals surface area contributed by atoms with Crippen molar-refractivity contribution >= 4 is 33.2 Å². The van der Waals surface area contributed by atoms with Gasteiger partial charge in [0, 0.05) is 55.3 Å². The minimum absolute atomic E-state index is 0.370. The molecule has 9 aromatic carbocycles. The summed E-state index contributed by atoms with van der Waals surface area (Å²) in [7, 11) is 0. The molecular weight excluding hydrogens is 919 g/mol. The zero-order valence-corrected chi connectivity index (χ0v) is 39.9. The van der Waals surface area contributed by atoms with Crippen LogP contribution in [0.15, 0.2) is 224 Å². The molecular formula is C66H37N9. The number of benzene rings is 9. The smallest absolute Gasteiger partial charge is 0.196 e. The van der Waals surface area contributed by atoms with Crippen molar-refractivity contribution in [1.82, 2.24) is 24.5 Å². The zero-order chi connectivity index (χ0) is 50.8. The first-order chi connectivity index (χ1) is 37.0. The minimum atomic E-state index is 0.370.